The van der Waals surface area contributed by atoms with E-state index < -0.39 is 11.9 Å². The minimum Gasteiger partial charge on any atom is -0.465 e. The molecule has 0 aliphatic rings. The first-order chi connectivity index (χ1) is 7.88. The average molecular weight is 242 g/mol. The summed E-state index contributed by atoms with van der Waals surface area (Å²) in [6, 6.07) is 0. The molecular weight excluding hydrogens is 220 g/mol. The SMILES string of the molecule is CCOC(=O)[C@H](CCC(=O)CC(C)C)C(C)=O. The predicted molar refractivity (Wildman–Crippen MR) is 64.5 cm³/mol. The van der Waals surface area contributed by atoms with Gasteiger partial charge in [0, 0.05) is 12.8 Å². The van der Waals surface area contributed by atoms with Crippen molar-refractivity contribution in [1.82, 2.24) is 0 Å². The molecule has 1 atom stereocenters. The average Bonchev–Trinajstić information content (AvgIpc) is 2.16. The summed E-state index contributed by atoms with van der Waals surface area (Å²) in [5.74, 6) is -1.14. The van der Waals surface area contributed by atoms with Crippen LogP contribution >= 0.6 is 0 Å². The largest absolute Gasteiger partial charge is 0.465 e. The highest BCUT2D eigenvalue weighted by Crippen LogP contribution is 2.13. The Morgan fingerprint density at radius 1 is 1.18 bits per heavy atom. The maximum Gasteiger partial charge on any atom is 0.316 e. The highest BCUT2D eigenvalue weighted by molar-refractivity contribution is 5.98. The second kappa shape index (κ2) is 7.98. The number of rotatable bonds is 8. The third-order valence-electron chi connectivity index (χ3n) is 2.41. The van der Waals surface area contributed by atoms with Crippen LogP contribution in [-0.2, 0) is 19.1 Å². The number of carbonyl (C=O) groups is 3. The summed E-state index contributed by atoms with van der Waals surface area (Å²) in [6.45, 7) is 7.23. The zero-order valence-electron chi connectivity index (χ0n) is 11.1. The Balaban J connectivity index is 4.23. The van der Waals surface area contributed by atoms with E-state index in [0.29, 0.717) is 12.3 Å². The molecule has 0 saturated heterocycles. The second-order valence-electron chi connectivity index (χ2n) is 4.59. The first-order valence-electron chi connectivity index (χ1n) is 6.07. The maximum absolute atomic E-state index is 11.5. The number of ether oxygens (including phenoxy) is 1. The van der Waals surface area contributed by atoms with Gasteiger partial charge in [-0.15, -0.1) is 0 Å². The molecule has 0 N–H and O–H groups in total. The molecule has 0 heterocycles. The van der Waals surface area contributed by atoms with E-state index in [9.17, 15) is 14.4 Å². The summed E-state index contributed by atoms with van der Waals surface area (Å²) in [4.78, 5) is 34.2. The molecule has 17 heavy (non-hydrogen) atoms. The maximum atomic E-state index is 11.5. The Labute approximate surface area is 103 Å². The van der Waals surface area contributed by atoms with E-state index in [1.54, 1.807) is 6.92 Å². The van der Waals surface area contributed by atoms with Crippen LogP contribution in [0, 0.1) is 11.8 Å². The summed E-state index contributed by atoms with van der Waals surface area (Å²) < 4.78 is 4.81. The first-order valence-corrected chi connectivity index (χ1v) is 6.07. The Bertz CT molecular complexity index is 281. The third-order valence-corrected chi connectivity index (χ3v) is 2.41. The van der Waals surface area contributed by atoms with Gasteiger partial charge in [0.05, 0.1) is 6.61 Å². The van der Waals surface area contributed by atoms with Gasteiger partial charge in [0.25, 0.3) is 0 Å². The Kier molecular flexibility index (Phi) is 7.42. The summed E-state index contributed by atoms with van der Waals surface area (Å²) in [5.41, 5.74) is 0. The normalized spacial score (nSPS) is 12.3. The van der Waals surface area contributed by atoms with Gasteiger partial charge in [-0.05, 0) is 26.2 Å². The van der Waals surface area contributed by atoms with Crippen molar-refractivity contribution in [3.8, 4) is 0 Å². The van der Waals surface area contributed by atoms with Crippen LogP contribution in [0.15, 0.2) is 0 Å². The number of esters is 1. The van der Waals surface area contributed by atoms with Crippen molar-refractivity contribution >= 4 is 17.5 Å². The molecule has 0 saturated carbocycles. The van der Waals surface area contributed by atoms with Crippen LogP contribution in [-0.4, -0.2) is 24.1 Å². The zero-order chi connectivity index (χ0) is 13.4. The number of carbonyl (C=O) groups excluding carboxylic acids is 3. The lowest BCUT2D eigenvalue weighted by Gasteiger charge is -2.12. The second-order valence-corrected chi connectivity index (χ2v) is 4.59. The molecule has 4 nitrogen and oxygen atoms in total. The molecular formula is C13H22O4. The van der Waals surface area contributed by atoms with Crippen molar-refractivity contribution in [2.45, 2.75) is 47.0 Å². The van der Waals surface area contributed by atoms with E-state index in [-0.39, 0.29) is 31.0 Å². The van der Waals surface area contributed by atoms with Gasteiger partial charge in [0.2, 0.25) is 0 Å². The molecule has 0 aromatic heterocycles. The van der Waals surface area contributed by atoms with Gasteiger partial charge in [-0.2, -0.15) is 0 Å². The summed E-state index contributed by atoms with van der Waals surface area (Å²) in [7, 11) is 0. The fourth-order valence-corrected chi connectivity index (χ4v) is 1.59. The number of Topliss-reactive ketones (excluding diaryl/α,β-unsaturated/α-hetero) is 2. The van der Waals surface area contributed by atoms with Crippen LogP contribution in [0.2, 0.25) is 0 Å². The lowest BCUT2D eigenvalue weighted by atomic mass is 9.95. The molecule has 0 aromatic rings. The van der Waals surface area contributed by atoms with Gasteiger partial charge in [-0.1, -0.05) is 13.8 Å². The minimum absolute atomic E-state index is 0.0931. The van der Waals surface area contributed by atoms with E-state index in [4.69, 9.17) is 4.74 Å². The van der Waals surface area contributed by atoms with Crippen molar-refractivity contribution in [2.24, 2.45) is 11.8 Å². The van der Waals surface area contributed by atoms with E-state index in [1.807, 2.05) is 13.8 Å². The molecule has 0 radical (unpaired) electrons. The molecule has 0 spiro atoms. The number of hydrogen-bond donors (Lipinski definition) is 0. The van der Waals surface area contributed by atoms with Crippen molar-refractivity contribution in [2.75, 3.05) is 6.61 Å². The highest BCUT2D eigenvalue weighted by atomic mass is 16.5. The van der Waals surface area contributed by atoms with Crippen LogP contribution in [0.25, 0.3) is 0 Å². The van der Waals surface area contributed by atoms with E-state index >= 15 is 0 Å². The number of hydrogen-bond acceptors (Lipinski definition) is 4. The highest BCUT2D eigenvalue weighted by Gasteiger charge is 2.25. The molecule has 0 unspecified atom stereocenters. The van der Waals surface area contributed by atoms with Crippen LogP contribution in [0.1, 0.15) is 47.0 Å². The molecule has 0 aromatic carbocycles. The molecule has 0 fully saturated rings. The third kappa shape index (κ3) is 6.87. The summed E-state index contributed by atoms with van der Waals surface area (Å²) >= 11 is 0. The van der Waals surface area contributed by atoms with Crippen molar-refractivity contribution < 1.29 is 19.1 Å². The zero-order valence-corrected chi connectivity index (χ0v) is 11.1. The van der Waals surface area contributed by atoms with Crippen molar-refractivity contribution in [3.05, 3.63) is 0 Å². The standard InChI is InChI=1S/C13H22O4/c1-5-17-13(16)12(10(4)14)7-6-11(15)8-9(2)3/h9,12H,5-8H2,1-4H3/t12-/m1/s1. The van der Waals surface area contributed by atoms with Crippen LogP contribution in [0.3, 0.4) is 0 Å². The summed E-state index contributed by atoms with van der Waals surface area (Å²) in [6.07, 6.45) is 1.02. The number of ketones is 2. The van der Waals surface area contributed by atoms with Crippen molar-refractivity contribution in [1.29, 1.82) is 0 Å². The summed E-state index contributed by atoms with van der Waals surface area (Å²) in [5, 5.41) is 0. The van der Waals surface area contributed by atoms with Gasteiger partial charge in [-0.25, -0.2) is 0 Å². The van der Waals surface area contributed by atoms with Crippen LogP contribution in [0.5, 0.6) is 0 Å². The predicted octanol–water partition coefficient (Wildman–Crippen LogP) is 2.15. The minimum atomic E-state index is -0.786. The van der Waals surface area contributed by atoms with Gasteiger partial charge in [0.15, 0.2) is 0 Å². The molecule has 0 rings (SSSR count). The van der Waals surface area contributed by atoms with Gasteiger partial charge in [0.1, 0.15) is 17.5 Å². The topological polar surface area (TPSA) is 60.4 Å². The van der Waals surface area contributed by atoms with Gasteiger partial charge >= 0.3 is 5.97 Å². The fraction of sp³-hybridized carbons (Fsp3) is 0.769. The van der Waals surface area contributed by atoms with E-state index in [2.05, 4.69) is 0 Å². The molecule has 0 bridgehead atoms. The lowest BCUT2D eigenvalue weighted by molar-refractivity contribution is -0.151. The molecule has 0 amide bonds. The van der Waals surface area contributed by atoms with Crippen LogP contribution in [0.4, 0.5) is 0 Å². The van der Waals surface area contributed by atoms with E-state index in [1.165, 1.54) is 6.92 Å². The molecule has 0 aliphatic heterocycles. The Morgan fingerprint density at radius 2 is 1.76 bits per heavy atom. The molecule has 98 valence electrons. The van der Waals surface area contributed by atoms with Crippen LogP contribution < -0.4 is 0 Å². The first kappa shape index (κ1) is 15.8. The molecule has 4 heteroatoms. The van der Waals surface area contributed by atoms with Gasteiger partial charge in [-0.3, -0.25) is 14.4 Å². The van der Waals surface area contributed by atoms with Gasteiger partial charge < -0.3 is 4.74 Å². The monoisotopic (exact) mass is 242 g/mol. The Hall–Kier alpha value is -1.19. The lowest BCUT2D eigenvalue weighted by Crippen LogP contribution is -2.25. The smallest absolute Gasteiger partial charge is 0.316 e. The van der Waals surface area contributed by atoms with Crippen molar-refractivity contribution in [3.63, 3.8) is 0 Å². The fourth-order valence-electron chi connectivity index (χ4n) is 1.59. The Morgan fingerprint density at radius 3 is 2.18 bits per heavy atom. The van der Waals surface area contributed by atoms with E-state index in [0.717, 1.165) is 0 Å². The quantitative estimate of drug-likeness (QED) is 0.483. The molecule has 0 aliphatic carbocycles.